The van der Waals surface area contributed by atoms with Crippen LogP contribution in [0.5, 0.6) is 0 Å². The molecule has 2 aromatic rings. The number of hydrogen-bond acceptors (Lipinski definition) is 5. The smallest absolute Gasteiger partial charge is 0.159 e. The second-order valence-electron chi connectivity index (χ2n) is 8.04. The van der Waals surface area contributed by atoms with E-state index in [0.29, 0.717) is 16.5 Å². The molecule has 0 aliphatic carbocycles. The minimum atomic E-state index is -0.161. The fourth-order valence-corrected chi connectivity index (χ4v) is 3.88. The van der Waals surface area contributed by atoms with Crippen molar-refractivity contribution in [2.75, 3.05) is 40.8 Å². The zero-order valence-electron chi connectivity index (χ0n) is 19.2. The van der Waals surface area contributed by atoms with Crippen LogP contribution in [0, 0.1) is 0 Å². The highest BCUT2D eigenvalue weighted by atomic mass is 32.1. The topological polar surface area (TPSA) is 43.9 Å². The second-order valence-corrected chi connectivity index (χ2v) is 8.81. The zero-order valence-corrected chi connectivity index (χ0v) is 20.8. The second kappa shape index (κ2) is 12.5. The van der Waals surface area contributed by atoms with E-state index in [1.54, 1.807) is 11.9 Å². The minimum Gasteiger partial charge on any atom is -0.358 e. The molecule has 0 saturated heterocycles. The molecule has 0 aliphatic heterocycles. The predicted octanol–water partition coefficient (Wildman–Crippen LogP) is 3.58. The van der Waals surface area contributed by atoms with Crippen molar-refractivity contribution in [3.8, 4) is 0 Å². The molecular formula is C25H31N3O2S2. The summed E-state index contributed by atoms with van der Waals surface area (Å²) in [4.78, 5) is 31.9. The van der Waals surface area contributed by atoms with Gasteiger partial charge in [0.1, 0.15) is 9.98 Å². The van der Waals surface area contributed by atoms with Crippen LogP contribution in [0.2, 0.25) is 0 Å². The highest BCUT2D eigenvalue weighted by Crippen LogP contribution is 2.12. The van der Waals surface area contributed by atoms with Gasteiger partial charge in [-0.1, -0.05) is 73.0 Å². The SMILES string of the molecule is CCN(CC(=O)CC(=O)CN(C)C(=S)c1ccccc1)C(=S)c1cccc(CN(C)C)c1. The lowest BCUT2D eigenvalue weighted by Gasteiger charge is -2.24. The van der Waals surface area contributed by atoms with Crippen LogP contribution in [-0.2, 0) is 16.1 Å². The third-order valence-electron chi connectivity index (χ3n) is 4.88. The fourth-order valence-electron chi connectivity index (χ4n) is 3.36. The molecule has 170 valence electrons. The summed E-state index contributed by atoms with van der Waals surface area (Å²) in [6, 6.07) is 17.6. The van der Waals surface area contributed by atoms with Gasteiger partial charge in [0.15, 0.2) is 11.6 Å². The number of carbonyl (C=O) groups excluding carboxylic acids is 2. The number of hydrogen-bond donors (Lipinski definition) is 0. The first-order valence-corrected chi connectivity index (χ1v) is 11.4. The maximum absolute atomic E-state index is 12.6. The number of benzene rings is 2. The quantitative estimate of drug-likeness (QED) is 0.368. The van der Waals surface area contributed by atoms with E-state index in [9.17, 15) is 9.59 Å². The average Bonchev–Trinajstić information content (AvgIpc) is 2.76. The molecular weight excluding hydrogens is 438 g/mol. The molecule has 0 unspecified atom stereocenters. The van der Waals surface area contributed by atoms with E-state index in [1.165, 1.54) is 0 Å². The Kier molecular flexibility index (Phi) is 10.1. The number of rotatable bonds is 11. The number of Topliss-reactive ketones (excluding diaryl/α,β-unsaturated/α-hetero) is 2. The first-order valence-electron chi connectivity index (χ1n) is 10.6. The average molecular weight is 470 g/mol. The lowest BCUT2D eigenvalue weighted by molar-refractivity contribution is -0.127. The van der Waals surface area contributed by atoms with Crippen molar-refractivity contribution >= 4 is 46.0 Å². The van der Waals surface area contributed by atoms with Gasteiger partial charge in [-0.2, -0.15) is 0 Å². The molecule has 0 N–H and O–H groups in total. The number of likely N-dealkylation sites (N-methyl/N-ethyl adjacent to an activating group) is 2. The predicted molar refractivity (Wildman–Crippen MR) is 138 cm³/mol. The Morgan fingerprint density at radius 2 is 1.44 bits per heavy atom. The standard InChI is InChI=1S/C25H31N3O2S2/c1-5-28(25(32)21-13-9-10-19(14-21)16-26(2)3)18-23(30)15-22(29)17-27(4)24(31)20-11-7-6-8-12-20/h6-14H,5,15-18H2,1-4H3. The summed E-state index contributed by atoms with van der Waals surface area (Å²) in [7, 11) is 5.80. The van der Waals surface area contributed by atoms with Gasteiger partial charge in [-0.05, 0) is 32.6 Å². The van der Waals surface area contributed by atoms with Crippen molar-refractivity contribution in [3.05, 3.63) is 71.3 Å². The van der Waals surface area contributed by atoms with Crippen LogP contribution < -0.4 is 0 Å². The van der Waals surface area contributed by atoms with Gasteiger partial charge in [-0.3, -0.25) is 9.59 Å². The Morgan fingerprint density at radius 1 is 0.812 bits per heavy atom. The van der Waals surface area contributed by atoms with Crippen molar-refractivity contribution in [2.45, 2.75) is 19.9 Å². The highest BCUT2D eigenvalue weighted by molar-refractivity contribution is 7.80. The summed E-state index contributed by atoms with van der Waals surface area (Å²) in [5, 5.41) is 0. The van der Waals surface area contributed by atoms with Crippen LogP contribution >= 0.6 is 24.4 Å². The highest BCUT2D eigenvalue weighted by Gasteiger charge is 2.19. The van der Waals surface area contributed by atoms with Gasteiger partial charge >= 0.3 is 0 Å². The van der Waals surface area contributed by atoms with E-state index in [2.05, 4.69) is 17.0 Å². The number of nitrogens with zero attached hydrogens (tertiary/aromatic N) is 3. The van der Waals surface area contributed by atoms with Gasteiger partial charge in [0.2, 0.25) is 0 Å². The Labute approximate surface area is 202 Å². The molecule has 0 atom stereocenters. The summed E-state index contributed by atoms with van der Waals surface area (Å²) in [6.45, 7) is 3.58. The van der Waals surface area contributed by atoms with Crippen LogP contribution in [-0.4, -0.2) is 77.0 Å². The molecule has 2 rings (SSSR count). The molecule has 0 radical (unpaired) electrons. The lowest BCUT2D eigenvalue weighted by Crippen LogP contribution is -2.37. The molecule has 0 fully saturated rings. The maximum atomic E-state index is 12.6. The third kappa shape index (κ3) is 7.89. The monoisotopic (exact) mass is 469 g/mol. The Morgan fingerprint density at radius 3 is 2.06 bits per heavy atom. The number of carbonyl (C=O) groups is 2. The fraction of sp³-hybridized carbons (Fsp3) is 0.360. The molecule has 0 bridgehead atoms. The van der Waals surface area contributed by atoms with Crippen molar-refractivity contribution in [1.29, 1.82) is 0 Å². The molecule has 5 nitrogen and oxygen atoms in total. The Hall–Kier alpha value is -2.48. The first kappa shape index (κ1) is 25.8. The first-order chi connectivity index (χ1) is 15.2. The van der Waals surface area contributed by atoms with E-state index >= 15 is 0 Å². The summed E-state index contributed by atoms with van der Waals surface area (Å²) >= 11 is 11.1. The van der Waals surface area contributed by atoms with Crippen molar-refractivity contribution in [2.24, 2.45) is 0 Å². The van der Waals surface area contributed by atoms with Crippen LogP contribution in [0.15, 0.2) is 54.6 Å². The molecule has 0 amide bonds. The summed E-state index contributed by atoms with van der Waals surface area (Å²) in [6.07, 6.45) is -0.137. The maximum Gasteiger partial charge on any atom is 0.159 e. The summed E-state index contributed by atoms with van der Waals surface area (Å²) in [5.41, 5.74) is 2.95. The van der Waals surface area contributed by atoms with E-state index in [1.807, 2.05) is 68.4 Å². The molecule has 32 heavy (non-hydrogen) atoms. The number of thiocarbonyl (C=S) groups is 2. The normalized spacial score (nSPS) is 10.7. The molecule has 2 aromatic carbocycles. The van der Waals surface area contributed by atoms with Gasteiger partial charge in [0.25, 0.3) is 0 Å². The summed E-state index contributed by atoms with van der Waals surface area (Å²) < 4.78 is 0. The van der Waals surface area contributed by atoms with Crippen LogP contribution in [0.3, 0.4) is 0 Å². The third-order valence-corrected chi connectivity index (χ3v) is 5.93. The Bertz CT molecular complexity index is 961. The van der Waals surface area contributed by atoms with Gasteiger partial charge in [-0.25, -0.2) is 0 Å². The van der Waals surface area contributed by atoms with Crippen molar-refractivity contribution in [3.63, 3.8) is 0 Å². The van der Waals surface area contributed by atoms with Gasteiger partial charge < -0.3 is 14.7 Å². The lowest BCUT2D eigenvalue weighted by atomic mass is 10.1. The zero-order chi connectivity index (χ0) is 23.7. The van der Waals surface area contributed by atoms with E-state index < -0.39 is 0 Å². The molecule has 7 heteroatoms. The summed E-state index contributed by atoms with van der Waals surface area (Å²) in [5.74, 6) is -0.312. The van der Waals surface area contributed by atoms with Crippen LogP contribution in [0.4, 0.5) is 0 Å². The van der Waals surface area contributed by atoms with Crippen molar-refractivity contribution in [1.82, 2.24) is 14.7 Å². The van der Waals surface area contributed by atoms with E-state index in [-0.39, 0.29) is 31.1 Å². The van der Waals surface area contributed by atoms with Crippen LogP contribution in [0.1, 0.15) is 30.0 Å². The van der Waals surface area contributed by atoms with E-state index in [0.717, 1.165) is 23.2 Å². The molecule has 0 heterocycles. The van der Waals surface area contributed by atoms with Crippen molar-refractivity contribution < 1.29 is 9.59 Å². The van der Waals surface area contributed by atoms with E-state index in [4.69, 9.17) is 24.4 Å². The van der Waals surface area contributed by atoms with Gasteiger partial charge in [0.05, 0.1) is 19.5 Å². The van der Waals surface area contributed by atoms with Gasteiger partial charge in [-0.15, -0.1) is 0 Å². The number of ketones is 2. The minimum absolute atomic E-state index is 0.0998. The molecule has 0 spiro atoms. The molecule has 0 saturated carbocycles. The Balaban J connectivity index is 1.93. The largest absolute Gasteiger partial charge is 0.358 e. The molecule has 0 aromatic heterocycles. The molecule has 0 aliphatic rings. The van der Waals surface area contributed by atoms with Crippen LogP contribution in [0.25, 0.3) is 0 Å². The van der Waals surface area contributed by atoms with Gasteiger partial charge in [0, 0.05) is 31.3 Å².